The Morgan fingerprint density at radius 2 is 1.61 bits per heavy atom. The number of aliphatic hydroxyl groups excluding tert-OH is 2. The van der Waals surface area contributed by atoms with E-state index in [1.54, 1.807) is 38.8 Å². The van der Waals surface area contributed by atoms with Crippen molar-refractivity contribution >= 4 is 41.1 Å². The second-order valence-electron chi connectivity index (χ2n) is 13.6. The van der Waals surface area contributed by atoms with E-state index in [1.807, 2.05) is 66.4 Å². The number of Topliss-reactive ketones (excluding diaryl/α,β-unsaturated/α-hetero) is 2. The third kappa shape index (κ3) is 6.17. The molecule has 268 valence electrons. The van der Waals surface area contributed by atoms with E-state index in [1.165, 1.54) is 4.90 Å². The van der Waals surface area contributed by atoms with E-state index in [2.05, 4.69) is 0 Å². The van der Waals surface area contributed by atoms with Gasteiger partial charge in [-0.3, -0.25) is 24.2 Å². The topological polar surface area (TPSA) is 194 Å². The highest BCUT2D eigenvalue weighted by molar-refractivity contribution is 6.24. The molecule has 1 amide bonds. The number of carbonyl (C=O) groups excluding carboxylic acids is 3. The maximum atomic E-state index is 14.3. The van der Waals surface area contributed by atoms with E-state index in [0.717, 1.165) is 0 Å². The predicted molar refractivity (Wildman–Crippen MR) is 189 cm³/mol. The number of nitrogens with zero attached hydrogens (tertiary/aromatic N) is 3. The van der Waals surface area contributed by atoms with Gasteiger partial charge in [0.25, 0.3) is 5.91 Å². The number of benzene rings is 1. The number of hydrogen-bond acceptors (Lipinski definition) is 12. The van der Waals surface area contributed by atoms with Gasteiger partial charge < -0.3 is 39.9 Å². The number of ketones is 2. The van der Waals surface area contributed by atoms with Crippen LogP contribution < -0.4 is 10.6 Å². The molecular formula is C38H42N4O9. The standard InChI is InChI=1S/C38H42N4O9/c1-40(2)27-19-22(20-42(13-5-9-23-11-7-15-50-23)14-6-10-24-12-8-16-51-24)32(43)29-25(27)17-21-18-26-31(41(3)4)34(45)30(37(39)48)36(47)38(26,49)35(46)28(21)33(29)44/h5-12,15-16,19,21,26,31,43-44,47,49H,13-14,17-18,20H2,1-4H3,(H2,39,48)/b9-5+,10-6+/t21-,26-,31-,38-/m0/s1. The number of primary amides is 1. The Bertz CT molecular complexity index is 1920. The van der Waals surface area contributed by atoms with Crippen molar-refractivity contribution in [3.8, 4) is 5.75 Å². The summed E-state index contributed by atoms with van der Waals surface area (Å²) in [5.74, 6) is -5.47. The van der Waals surface area contributed by atoms with Crippen LogP contribution >= 0.6 is 0 Å². The van der Waals surface area contributed by atoms with Crippen molar-refractivity contribution in [3.05, 3.63) is 100 Å². The number of anilines is 1. The maximum absolute atomic E-state index is 14.3. The summed E-state index contributed by atoms with van der Waals surface area (Å²) < 4.78 is 10.8. The highest BCUT2D eigenvalue weighted by Gasteiger charge is 2.64. The summed E-state index contributed by atoms with van der Waals surface area (Å²) in [7, 11) is 6.81. The molecule has 6 N–H and O–H groups in total. The van der Waals surface area contributed by atoms with Gasteiger partial charge in [-0.05, 0) is 80.9 Å². The Hall–Kier alpha value is -5.37. The van der Waals surface area contributed by atoms with Crippen LogP contribution in [0.4, 0.5) is 5.69 Å². The van der Waals surface area contributed by atoms with E-state index < -0.39 is 58.0 Å². The molecule has 2 aromatic heterocycles. The number of fused-ring (bicyclic) bond motifs is 3. The van der Waals surface area contributed by atoms with Crippen LogP contribution in [0.25, 0.3) is 17.9 Å². The minimum atomic E-state index is -2.71. The van der Waals surface area contributed by atoms with Gasteiger partial charge in [0.1, 0.15) is 34.4 Å². The van der Waals surface area contributed by atoms with Crippen LogP contribution in [0.1, 0.15) is 34.6 Å². The summed E-state index contributed by atoms with van der Waals surface area (Å²) in [6.45, 7) is 1.15. The molecule has 3 aliphatic carbocycles. The molecule has 13 nitrogen and oxygen atoms in total. The van der Waals surface area contributed by atoms with Crippen LogP contribution in [-0.2, 0) is 27.3 Å². The molecule has 1 saturated carbocycles. The number of aromatic hydroxyl groups is 1. The summed E-state index contributed by atoms with van der Waals surface area (Å²) in [6, 6.07) is 7.96. The number of phenols is 1. The molecule has 0 unspecified atom stereocenters. The number of aliphatic hydroxyl groups is 3. The molecule has 1 fully saturated rings. The highest BCUT2D eigenvalue weighted by atomic mass is 16.4. The van der Waals surface area contributed by atoms with E-state index in [0.29, 0.717) is 41.4 Å². The highest BCUT2D eigenvalue weighted by Crippen LogP contribution is 2.54. The molecule has 0 bridgehead atoms. The Morgan fingerprint density at radius 1 is 1.00 bits per heavy atom. The Labute approximate surface area is 294 Å². The first-order chi connectivity index (χ1) is 24.2. The smallest absolute Gasteiger partial charge is 0.255 e. The number of rotatable bonds is 11. The van der Waals surface area contributed by atoms with Crippen molar-refractivity contribution in [2.75, 3.05) is 46.2 Å². The first kappa shape index (κ1) is 35.5. The van der Waals surface area contributed by atoms with E-state index in [9.17, 15) is 34.8 Å². The van der Waals surface area contributed by atoms with Gasteiger partial charge in [0.15, 0.2) is 11.4 Å². The lowest BCUT2D eigenvalue weighted by Gasteiger charge is -2.50. The second-order valence-corrected chi connectivity index (χ2v) is 13.6. The molecule has 0 saturated heterocycles. The summed E-state index contributed by atoms with van der Waals surface area (Å²) in [5, 5.41) is 46.9. The van der Waals surface area contributed by atoms with Crippen molar-refractivity contribution in [1.82, 2.24) is 9.80 Å². The van der Waals surface area contributed by atoms with Crippen molar-refractivity contribution in [2.45, 2.75) is 31.0 Å². The molecule has 0 spiro atoms. The predicted octanol–water partition coefficient (Wildman–Crippen LogP) is 3.44. The largest absolute Gasteiger partial charge is 0.508 e. The van der Waals surface area contributed by atoms with Gasteiger partial charge in [-0.2, -0.15) is 0 Å². The van der Waals surface area contributed by atoms with E-state index in [-0.39, 0.29) is 36.3 Å². The Balaban J connectivity index is 1.42. The number of phenolic OH excluding ortho intramolecular Hbond substituents is 1. The third-order valence-electron chi connectivity index (χ3n) is 10.0. The molecule has 3 aromatic rings. The zero-order valence-corrected chi connectivity index (χ0v) is 28.9. The lowest BCUT2D eigenvalue weighted by Crippen LogP contribution is -2.65. The first-order valence-electron chi connectivity index (χ1n) is 16.6. The molecule has 3 aliphatic rings. The van der Waals surface area contributed by atoms with Crippen molar-refractivity contribution in [1.29, 1.82) is 0 Å². The van der Waals surface area contributed by atoms with Crippen molar-refractivity contribution < 1.29 is 43.6 Å². The minimum absolute atomic E-state index is 0.0128. The normalized spacial score (nSPS) is 23.5. The maximum Gasteiger partial charge on any atom is 0.255 e. The molecule has 2 heterocycles. The van der Waals surface area contributed by atoms with Gasteiger partial charge in [-0.1, -0.05) is 12.2 Å². The summed E-state index contributed by atoms with van der Waals surface area (Å²) in [4.78, 5) is 45.5. The number of nitrogens with two attached hydrogens (primary N) is 1. The number of carbonyl (C=O) groups is 3. The van der Waals surface area contributed by atoms with Gasteiger partial charge >= 0.3 is 0 Å². The van der Waals surface area contributed by atoms with Crippen LogP contribution in [0.15, 0.2) is 80.7 Å². The summed E-state index contributed by atoms with van der Waals surface area (Å²) in [5.41, 5.74) is 3.51. The second kappa shape index (κ2) is 13.7. The molecule has 6 rings (SSSR count). The minimum Gasteiger partial charge on any atom is -0.508 e. The molecule has 1 aromatic carbocycles. The zero-order chi connectivity index (χ0) is 36.8. The Kier molecular flexibility index (Phi) is 9.55. The molecule has 0 aliphatic heterocycles. The molecule has 0 radical (unpaired) electrons. The number of hydrogen-bond donors (Lipinski definition) is 5. The van der Waals surface area contributed by atoms with Gasteiger partial charge in [-0.15, -0.1) is 0 Å². The first-order valence-corrected chi connectivity index (χ1v) is 16.6. The Morgan fingerprint density at radius 3 is 2.12 bits per heavy atom. The van der Waals surface area contributed by atoms with Crippen LogP contribution in [0.2, 0.25) is 0 Å². The van der Waals surface area contributed by atoms with E-state index >= 15 is 0 Å². The van der Waals surface area contributed by atoms with Crippen LogP contribution in [0.3, 0.4) is 0 Å². The van der Waals surface area contributed by atoms with Crippen molar-refractivity contribution in [2.24, 2.45) is 17.6 Å². The van der Waals surface area contributed by atoms with Crippen LogP contribution in [-0.4, -0.2) is 101 Å². The van der Waals surface area contributed by atoms with Gasteiger partial charge in [-0.25, -0.2) is 0 Å². The van der Waals surface area contributed by atoms with E-state index in [4.69, 9.17) is 14.6 Å². The fraction of sp³-hybridized carbons (Fsp3) is 0.342. The number of amides is 1. The van der Waals surface area contributed by atoms with Gasteiger partial charge in [0, 0.05) is 56.5 Å². The zero-order valence-electron chi connectivity index (χ0n) is 28.9. The van der Waals surface area contributed by atoms with Gasteiger partial charge in [0.2, 0.25) is 5.78 Å². The molecule has 13 heteroatoms. The lowest BCUT2D eigenvalue weighted by atomic mass is 9.57. The number of furan rings is 2. The molecular weight excluding hydrogens is 656 g/mol. The average molecular weight is 699 g/mol. The summed E-state index contributed by atoms with van der Waals surface area (Å²) in [6.07, 6.45) is 10.9. The number of likely N-dealkylation sites (N-methyl/N-ethyl adjacent to an activating group) is 1. The average Bonchev–Trinajstić information content (AvgIpc) is 3.78. The van der Waals surface area contributed by atoms with Crippen LogP contribution in [0.5, 0.6) is 5.75 Å². The monoisotopic (exact) mass is 698 g/mol. The quantitative estimate of drug-likeness (QED) is 0.184. The fourth-order valence-corrected chi connectivity index (χ4v) is 7.72. The van der Waals surface area contributed by atoms with Crippen molar-refractivity contribution in [3.63, 3.8) is 0 Å². The SMILES string of the molecule is CN(C)c1cc(CN(C/C=C/c2ccco2)C/C=C/c2ccco2)c(O)c2c1C[C@H]1C[C@H]3[C@H](N(C)C)C(=O)C(C(N)=O)=C(O)[C@@]3(O)C(=O)C1=C2O. The lowest BCUT2D eigenvalue weighted by molar-refractivity contribution is -0.153. The molecule has 51 heavy (non-hydrogen) atoms. The third-order valence-corrected chi connectivity index (χ3v) is 10.0. The van der Waals surface area contributed by atoms with Crippen LogP contribution in [0, 0.1) is 11.8 Å². The molecule has 4 atom stereocenters. The summed E-state index contributed by atoms with van der Waals surface area (Å²) >= 11 is 0. The fourth-order valence-electron chi connectivity index (χ4n) is 7.72. The van der Waals surface area contributed by atoms with Gasteiger partial charge in [0.05, 0.1) is 24.1 Å².